The number of alkyl halides is 3. The van der Waals surface area contributed by atoms with Crippen LogP contribution in [0.3, 0.4) is 0 Å². The number of hydrogen-bond acceptors (Lipinski definition) is 3. The third-order valence-corrected chi connectivity index (χ3v) is 4.29. The molecule has 0 aliphatic carbocycles. The predicted octanol–water partition coefficient (Wildman–Crippen LogP) is 5.48. The summed E-state index contributed by atoms with van der Waals surface area (Å²) in [4.78, 5) is 4.18. The molecule has 2 aromatic heterocycles. The summed E-state index contributed by atoms with van der Waals surface area (Å²) in [5.41, 5.74) is 0.729. The van der Waals surface area contributed by atoms with Gasteiger partial charge in [0.25, 0.3) is 0 Å². The number of hydrogen-bond donors (Lipinski definition) is 0. The quantitative estimate of drug-likeness (QED) is 0.571. The van der Waals surface area contributed by atoms with Gasteiger partial charge in [-0.3, -0.25) is 0 Å². The van der Waals surface area contributed by atoms with E-state index in [2.05, 4.69) is 23.9 Å². The van der Waals surface area contributed by atoms with Crippen LogP contribution < -0.4 is 4.74 Å². The van der Waals surface area contributed by atoms with Crippen LogP contribution in [-0.2, 0) is 6.18 Å². The van der Waals surface area contributed by atoms with Crippen molar-refractivity contribution in [2.75, 3.05) is 6.61 Å². The molecular weight excluding hydrogens is 355 g/mol. The highest BCUT2D eigenvalue weighted by Crippen LogP contribution is 2.39. The molecule has 4 nitrogen and oxygen atoms in total. The average Bonchev–Trinajstić information content (AvgIpc) is 3.07. The summed E-state index contributed by atoms with van der Waals surface area (Å²) in [5, 5.41) is 4.10. The number of benzene rings is 1. The van der Waals surface area contributed by atoms with E-state index >= 15 is 0 Å². The van der Waals surface area contributed by atoms with E-state index in [4.69, 9.17) is 4.74 Å². The van der Waals surface area contributed by atoms with Gasteiger partial charge in [0.2, 0.25) is 0 Å². The Balaban J connectivity index is 1.94. The Hall–Kier alpha value is -2.57. The number of ether oxygens (including phenoxy) is 1. The van der Waals surface area contributed by atoms with Crippen LogP contribution in [-0.4, -0.2) is 21.2 Å². The molecule has 0 amide bonds. The van der Waals surface area contributed by atoms with Crippen molar-refractivity contribution in [3.8, 4) is 16.9 Å². The zero-order chi connectivity index (χ0) is 19.6. The second-order valence-corrected chi connectivity index (χ2v) is 7.19. The molecule has 144 valence electrons. The van der Waals surface area contributed by atoms with Crippen molar-refractivity contribution in [3.63, 3.8) is 0 Å². The standard InChI is InChI=1S/C20H22F3N3O/c1-13(2)10-14(3)12-27-18-5-4-15(11-17(18)20(21,22)23)16-6-7-25-26-9-8-24-19(16)26/h4-9,11,13-14H,10,12H2,1-3H3. The van der Waals surface area contributed by atoms with Gasteiger partial charge in [-0.15, -0.1) is 0 Å². The zero-order valence-electron chi connectivity index (χ0n) is 15.5. The summed E-state index contributed by atoms with van der Waals surface area (Å²) in [6.07, 6.45) is 1.14. The summed E-state index contributed by atoms with van der Waals surface area (Å²) in [6, 6.07) is 5.79. The minimum atomic E-state index is -4.51. The molecule has 1 aromatic carbocycles. The lowest BCUT2D eigenvalue weighted by Crippen LogP contribution is -2.14. The van der Waals surface area contributed by atoms with Crippen LogP contribution >= 0.6 is 0 Å². The number of imidazole rings is 1. The molecular formula is C20H22F3N3O. The van der Waals surface area contributed by atoms with Crippen molar-refractivity contribution < 1.29 is 17.9 Å². The fourth-order valence-corrected chi connectivity index (χ4v) is 3.21. The van der Waals surface area contributed by atoms with Gasteiger partial charge in [-0.1, -0.05) is 26.8 Å². The van der Waals surface area contributed by atoms with E-state index in [1.807, 2.05) is 6.92 Å². The van der Waals surface area contributed by atoms with E-state index in [-0.39, 0.29) is 18.3 Å². The number of nitrogens with zero attached hydrogens (tertiary/aromatic N) is 3. The maximum atomic E-state index is 13.6. The van der Waals surface area contributed by atoms with E-state index in [9.17, 15) is 13.2 Å². The van der Waals surface area contributed by atoms with Crippen LogP contribution in [0.5, 0.6) is 5.75 Å². The summed E-state index contributed by atoms with van der Waals surface area (Å²) in [6.45, 7) is 6.39. The number of fused-ring (bicyclic) bond motifs is 1. The van der Waals surface area contributed by atoms with Crippen molar-refractivity contribution in [2.24, 2.45) is 11.8 Å². The Morgan fingerprint density at radius 3 is 2.59 bits per heavy atom. The maximum Gasteiger partial charge on any atom is 0.419 e. The average molecular weight is 377 g/mol. The molecule has 0 aliphatic heterocycles. The molecule has 0 bridgehead atoms. The molecule has 0 aliphatic rings. The van der Waals surface area contributed by atoms with Crippen LogP contribution in [0.15, 0.2) is 42.9 Å². The second kappa shape index (κ2) is 7.58. The van der Waals surface area contributed by atoms with Gasteiger partial charge < -0.3 is 4.74 Å². The third kappa shape index (κ3) is 4.40. The monoisotopic (exact) mass is 377 g/mol. The van der Waals surface area contributed by atoms with Crippen molar-refractivity contribution in [1.29, 1.82) is 0 Å². The van der Waals surface area contributed by atoms with Gasteiger partial charge in [-0.2, -0.15) is 18.3 Å². The van der Waals surface area contributed by atoms with Crippen molar-refractivity contribution in [1.82, 2.24) is 14.6 Å². The smallest absolute Gasteiger partial charge is 0.419 e. The largest absolute Gasteiger partial charge is 0.493 e. The van der Waals surface area contributed by atoms with Crippen LogP contribution in [0.2, 0.25) is 0 Å². The van der Waals surface area contributed by atoms with Crippen molar-refractivity contribution in [3.05, 3.63) is 48.4 Å². The number of rotatable bonds is 6. The van der Waals surface area contributed by atoms with Crippen LogP contribution in [0, 0.1) is 11.8 Å². The minimum absolute atomic E-state index is 0.143. The fourth-order valence-electron chi connectivity index (χ4n) is 3.21. The van der Waals surface area contributed by atoms with Crippen LogP contribution in [0.25, 0.3) is 16.8 Å². The Kier molecular flexibility index (Phi) is 5.39. The minimum Gasteiger partial charge on any atom is -0.493 e. The molecule has 3 rings (SSSR count). The van der Waals surface area contributed by atoms with E-state index in [1.54, 1.807) is 24.5 Å². The highest BCUT2D eigenvalue weighted by Gasteiger charge is 2.35. The maximum absolute atomic E-state index is 13.6. The Labute approximate surface area is 156 Å². The lowest BCUT2D eigenvalue weighted by atomic mass is 10.00. The van der Waals surface area contributed by atoms with Gasteiger partial charge in [0.15, 0.2) is 5.65 Å². The molecule has 1 atom stereocenters. The van der Waals surface area contributed by atoms with E-state index < -0.39 is 11.7 Å². The SMILES string of the molecule is CC(C)CC(C)COc1ccc(-c2ccnn3ccnc23)cc1C(F)(F)F. The first-order valence-corrected chi connectivity index (χ1v) is 8.88. The lowest BCUT2D eigenvalue weighted by molar-refractivity contribution is -0.139. The Morgan fingerprint density at radius 2 is 1.89 bits per heavy atom. The molecule has 2 heterocycles. The molecule has 0 spiro atoms. The number of halogens is 3. The normalized spacial score (nSPS) is 13.3. The Bertz CT molecular complexity index is 918. The van der Waals surface area contributed by atoms with Crippen LogP contribution in [0.4, 0.5) is 13.2 Å². The second-order valence-electron chi connectivity index (χ2n) is 7.19. The molecule has 3 aromatic rings. The van der Waals surface area contributed by atoms with Crippen molar-refractivity contribution in [2.45, 2.75) is 33.4 Å². The molecule has 0 N–H and O–H groups in total. The molecule has 0 saturated carbocycles. The number of aromatic nitrogens is 3. The van der Waals surface area contributed by atoms with Gasteiger partial charge in [-0.25, -0.2) is 9.50 Å². The molecule has 7 heteroatoms. The molecule has 0 radical (unpaired) electrons. The van der Waals surface area contributed by atoms with Crippen molar-refractivity contribution >= 4 is 5.65 Å². The van der Waals surface area contributed by atoms with Gasteiger partial charge in [0.05, 0.1) is 12.2 Å². The van der Waals surface area contributed by atoms with Gasteiger partial charge in [0.1, 0.15) is 5.75 Å². The summed E-state index contributed by atoms with van der Waals surface area (Å²) >= 11 is 0. The first-order valence-electron chi connectivity index (χ1n) is 8.88. The summed E-state index contributed by atoms with van der Waals surface area (Å²) in [7, 11) is 0. The topological polar surface area (TPSA) is 39.4 Å². The highest BCUT2D eigenvalue weighted by molar-refractivity contribution is 5.77. The third-order valence-electron chi connectivity index (χ3n) is 4.29. The lowest BCUT2D eigenvalue weighted by Gasteiger charge is -2.19. The van der Waals surface area contributed by atoms with Gasteiger partial charge >= 0.3 is 6.18 Å². The molecule has 0 fully saturated rings. The van der Waals surface area contributed by atoms with E-state index in [0.29, 0.717) is 22.7 Å². The fraction of sp³-hybridized carbons (Fsp3) is 0.400. The van der Waals surface area contributed by atoms with E-state index in [0.717, 1.165) is 12.5 Å². The van der Waals surface area contributed by atoms with Crippen LogP contribution in [0.1, 0.15) is 32.8 Å². The summed E-state index contributed by atoms with van der Waals surface area (Å²) in [5.74, 6) is 0.502. The zero-order valence-corrected chi connectivity index (χ0v) is 15.5. The Morgan fingerprint density at radius 1 is 1.11 bits per heavy atom. The highest BCUT2D eigenvalue weighted by atomic mass is 19.4. The summed E-state index contributed by atoms with van der Waals surface area (Å²) < 4.78 is 47.9. The molecule has 27 heavy (non-hydrogen) atoms. The van der Waals surface area contributed by atoms with E-state index in [1.165, 1.54) is 16.8 Å². The first kappa shape index (κ1) is 19.2. The first-order chi connectivity index (χ1) is 12.8. The predicted molar refractivity (Wildman–Crippen MR) is 97.5 cm³/mol. The van der Waals surface area contributed by atoms with Gasteiger partial charge in [0, 0.05) is 24.2 Å². The molecule has 0 saturated heterocycles. The van der Waals surface area contributed by atoms with Gasteiger partial charge in [-0.05, 0) is 42.0 Å². The molecule has 1 unspecified atom stereocenters.